The quantitative estimate of drug-likeness (QED) is 0.196. The van der Waals surface area contributed by atoms with Crippen molar-refractivity contribution in [2.24, 2.45) is 5.92 Å². The smallest absolute Gasteiger partial charge is 0.309 e. The van der Waals surface area contributed by atoms with E-state index in [1.165, 1.54) is 16.4 Å². The zero-order valence-corrected chi connectivity index (χ0v) is 21.5. The molecule has 3 heterocycles. The van der Waals surface area contributed by atoms with E-state index in [-0.39, 0.29) is 17.8 Å². The van der Waals surface area contributed by atoms with E-state index in [0.717, 1.165) is 43.3 Å². The van der Waals surface area contributed by atoms with Crippen LogP contribution in [0.4, 0.5) is 17.2 Å². The van der Waals surface area contributed by atoms with Crippen LogP contribution < -0.4 is 10.6 Å². The summed E-state index contributed by atoms with van der Waals surface area (Å²) in [4.78, 5) is 29.9. The number of fused-ring (bicyclic) bond motifs is 3. The fourth-order valence-corrected chi connectivity index (χ4v) is 5.28. The van der Waals surface area contributed by atoms with E-state index in [9.17, 15) is 9.59 Å². The highest BCUT2D eigenvalue weighted by Gasteiger charge is 2.33. The number of amides is 1. The number of ether oxygens (including phenoxy) is 1. The minimum Gasteiger partial charge on any atom is -0.452 e. The Morgan fingerprint density at radius 1 is 1.03 bits per heavy atom. The van der Waals surface area contributed by atoms with Crippen LogP contribution >= 0.6 is 0 Å². The maximum absolute atomic E-state index is 13.0. The minimum atomic E-state index is -0.778. The van der Waals surface area contributed by atoms with Gasteiger partial charge >= 0.3 is 5.97 Å². The molecule has 0 aliphatic carbocycles. The molecule has 37 heavy (non-hydrogen) atoms. The van der Waals surface area contributed by atoms with Gasteiger partial charge in [-0.3, -0.25) is 9.59 Å². The van der Waals surface area contributed by atoms with Gasteiger partial charge in [0.15, 0.2) is 11.9 Å². The molecule has 1 fully saturated rings. The van der Waals surface area contributed by atoms with Gasteiger partial charge in [-0.2, -0.15) is 0 Å². The van der Waals surface area contributed by atoms with Gasteiger partial charge < -0.3 is 19.9 Å². The molecule has 1 aliphatic heterocycles. The predicted octanol–water partition coefficient (Wildman–Crippen LogP) is 6.79. The molecule has 7 nitrogen and oxygen atoms in total. The van der Waals surface area contributed by atoms with Crippen molar-refractivity contribution in [2.75, 3.05) is 10.6 Å². The van der Waals surface area contributed by atoms with Crippen molar-refractivity contribution < 1.29 is 14.3 Å². The Hall–Kier alpha value is -3.87. The van der Waals surface area contributed by atoms with Gasteiger partial charge in [-0.25, -0.2) is 4.98 Å². The first-order valence-electron chi connectivity index (χ1n) is 13.3. The lowest BCUT2D eigenvalue weighted by Crippen LogP contribution is -2.39. The summed E-state index contributed by atoms with van der Waals surface area (Å²) in [6, 6.07) is 18.2. The second-order valence-electron chi connectivity index (χ2n) is 9.70. The Kier molecular flexibility index (Phi) is 7.40. The molecule has 2 unspecified atom stereocenters. The lowest BCUT2D eigenvalue weighted by atomic mass is 9.92. The average Bonchev–Trinajstić information content (AvgIpc) is 3.23. The molecule has 192 valence electrons. The van der Waals surface area contributed by atoms with E-state index < -0.39 is 6.10 Å². The topological polar surface area (TPSA) is 85.2 Å². The van der Waals surface area contributed by atoms with Crippen LogP contribution in [0, 0.1) is 5.92 Å². The molecule has 2 aromatic heterocycles. The summed E-state index contributed by atoms with van der Waals surface area (Å²) < 4.78 is 7.84. The second kappa shape index (κ2) is 11.0. The van der Waals surface area contributed by atoms with Gasteiger partial charge in [0.2, 0.25) is 0 Å². The lowest BCUT2D eigenvalue weighted by molar-refractivity contribution is -0.164. The summed E-state index contributed by atoms with van der Waals surface area (Å²) in [5.41, 5.74) is 3.80. The van der Waals surface area contributed by atoms with Crippen LogP contribution in [0.1, 0.15) is 52.4 Å². The molecule has 0 radical (unpaired) electrons. The standard InChI is InChI=1S/C30H34N4O3/c1-3-5-6-10-20-14-17-27(37-30(20)36)29(35)33-24-12-9-18-31-28(24)32-21-15-16-26-23(19-21)22-11-7-8-13-25(22)34(26)4-2/h7-9,11-13,15-16,18-20,27H,3-6,10,14,17H2,1-2H3,(H,31,32)(H,33,35). The van der Waals surface area contributed by atoms with Crippen molar-refractivity contribution in [2.45, 2.75) is 65.0 Å². The van der Waals surface area contributed by atoms with Crippen molar-refractivity contribution in [1.29, 1.82) is 0 Å². The molecule has 4 aromatic rings. The van der Waals surface area contributed by atoms with E-state index in [1.807, 2.05) is 6.07 Å². The zero-order valence-electron chi connectivity index (χ0n) is 21.5. The molecule has 7 heteroatoms. The van der Waals surface area contributed by atoms with Crippen LogP contribution in [0.25, 0.3) is 21.8 Å². The summed E-state index contributed by atoms with van der Waals surface area (Å²) >= 11 is 0. The highest BCUT2D eigenvalue weighted by atomic mass is 16.5. The number of aromatic nitrogens is 2. The minimum absolute atomic E-state index is 0.0974. The van der Waals surface area contributed by atoms with Crippen molar-refractivity contribution in [1.82, 2.24) is 9.55 Å². The van der Waals surface area contributed by atoms with Gasteiger partial charge in [0.25, 0.3) is 5.91 Å². The van der Waals surface area contributed by atoms with Crippen LogP contribution in [0.15, 0.2) is 60.8 Å². The van der Waals surface area contributed by atoms with Crippen LogP contribution in [-0.2, 0) is 20.9 Å². The number of anilines is 3. The van der Waals surface area contributed by atoms with E-state index in [4.69, 9.17) is 4.74 Å². The number of pyridine rings is 1. The van der Waals surface area contributed by atoms with Crippen LogP contribution in [0.3, 0.4) is 0 Å². The summed E-state index contributed by atoms with van der Waals surface area (Å²) in [6.07, 6.45) is 6.20. The number of benzene rings is 2. The Morgan fingerprint density at radius 3 is 2.68 bits per heavy atom. The highest BCUT2D eigenvalue weighted by Crippen LogP contribution is 2.33. The predicted molar refractivity (Wildman–Crippen MR) is 148 cm³/mol. The number of esters is 1. The third kappa shape index (κ3) is 5.17. The van der Waals surface area contributed by atoms with Gasteiger partial charge in [-0.1, -0.05) is 44.4 Å². The van der Waals surface area contributed by atoms with Gasteiger partial charge in [-0.05, 0) is 62.6 Å². The van der Waals surface area contributed by atoms with Crippen molar-refractivity contribution in [3.63, 3.8) is 0 Å². The maximum Gasteiger partial charge on any atom is 0.309 e. The van der Waals surface area contributed by atoms with Gasteiger partial charge in [-0.15, -0.1) is 0 Å². The summed E-state index contributed by atoms with van der Waals surface area (Å²) in [7, 11) is 0. The second-order valence-corrected chi connectivity index (χ2v) is 9.70. The number of unbranched alkanes of at least 4 members (excludes halogenated alkanes) is 2. The van der Waals surface area contributed by atoms with E-state index in [2.05, 4.69) is 70.4 Å². The van der Waals surface area contributed by atoms with E-state index in [1.54, 1.807) is 18.3 Å². The largest absolute Gasteiger partial charge is 0.452 e. The number of nitrogens with one attached hydrogen (secondary N) is 2. The zero-order chi connectivity index (χ0) is 25.8. The molecule has 0 spiro atoms. The number of nitrogens with zero attached hydrogens (tertiary/aromatic N) is 2. The Labute approximate surface area is 217 Å². The molecule has 1 saturated heterocycles. The van der Waals surface area contributed by atoms with Gasteiger partial charge in [0, 0.05) is 40.2 Å². The van der Waals surface area contributed by atoms with Gasteiger partial charge in [0.1, 0.15) is 0 Å². The van der Waals surface area contributed by atoms with Gasteiger partial charge in [0.05, 0.1) is 11.6 Å². The number of hydrogen-bond acceptors (Lipinski definition) is 5. The molecule has 0 saturated carbocycles. The Bertz CT molecular complexity index is 1430. The molecular weight excluding hydrogens is 464 g/mol. The molecule has 1 aliphatic rings. The first-order valence-corrected chi connectivity index (χ1v) is 13.3. The molecule has 2 atom stereocenters. The fourth-order valence-electron chi connectivity index (χ4n) is 5.28. The number of carbonyl (C=O) groups excluding carboxylic acids is 2. The van der Waals surface area contributed by atoms with Crippen LogP contribution in [-0.4, -0.2) is 27.5 Å². The number of cyclic esters (lactones) is 1. The molecule has 5 rings (SSSR count). The van der Waals surface area contributed by atoms with Crippen LogP contribution in [0.5, 0.6) is 0 Å². The summed E-state index contributed by atoms with van der Waals surface area (Å²) in [5.74, 6) is -0.141. The van der Waals surface area contributed by atoms with Crippen molar-refractivity contribution >= 4 is 50.9 Å². The third-order valence-electron chi connectivity index (χ3n) is 7.23. The number of aryl methyl sites for hydroxylation is 1. The monoisotopic (exact) mass is 498 g/mol. The van der Waals surface area contributed by atoms with E-state index in [0.29, 0.717) is 24.3 Å². The Balaban J connectivity index is 1.31. The number of carbonyl (C=O) groups is 2. The summed E-state index contributed by atoms with van der Waals surface area (Å²) in [5, 5.41) is 8.65. The summed E-state index contributed by atoms with van der Waals surface area (Å²) in [6.45, 7) is 5.18. The SMILES string of the molecule is CCCCCC1CCC(C(=O)Nc2cccnc2Nc2ccc3c(c2)c2ccccc2n3CC)OC1=O. The first kappa shape index (κ1) is 24.8. The van der Waals surface area contributed by atoms with Crippen LogP contribution in [0.2, 0.25) is 0 Å². The number of para-hydroxylation sites is 1. The highest BCUT2D eigenvalue weighted by molar-refractivity contribution is 6.09. The molecular formula is C30H34N4O3. The van der Waals surface area contributed by atoms with E-state index >= 15 is 0 Å². The average molecular weight is 499 g/mol. The molecule has 0 bridgehead atoms. The molecule has 2 aromatic carbocycles. The molecule has 2 N–H and O–H groups in total. The lowest BCUT2D eigenvalue weighted by Gasteiger charge is -2.27. The first-order chi connectivity index (χ1) is 18.1. The maximum atomic E-state index is 13.0. The van der Waals surface area contributed by atoms with Crippen molar-refractivity contribution in [3.8, 4) is 0 Å². The third-order valence-corrected chi connectivity index (χ3v) is 7.23. The Morgan fingerprint density at radius 2 is 1.86 bits per heavy atom. The number of hydrogen-bond donors (Lipinski definition) is 2. The normalized spacial score (nSPS) is 17.6. The molecule has 1 amide bonds. The fraction of sp³-hybridized carbons (Fsp3) is 0.367. The van der Waals surface area contributed by atoms with Crippen molar-refractivity contribution in [3.05, 3.63) is 60.8 Å². The number of rotatable bonds is 9.